The summed E-state index contributed by atoms with van der Waals surface area (Å²) in [5.74, 6) is 0.0780. The Labute approximate surface area is 81.9 Å². The maximum Gasteiger partial charge on any atom is 0.147 e. The zero-order valence-corrected chi connectivity index (χ0v) is 9.77. The van der Waals surface area contributed by atoms with E-state index in [2.05, 4.69) is 34.6 Å². The van der Waals surface area contributed by atoms with E-state index in [1.54, 1.807) is 6.92 Å². The van der Waals surface area contributed by atoms with Gasteiger partial charge in [-0.25, -0.2) is 0 Å². The Morgan fingerprint density at radius 2 is 1.62 bits per heavy atom. The van der Waals surface area contributed by atoms with E-state index in [4.69, 9.17) is 5.73 Å². The molecule has 0 saturated heterocycles. The molecule has 0 heterocycles. The third-order valence-electron chi connectivity index (χ3n) is 2.27. The summed E-state index contributed by atoms with van der Waals surface area (Å²) in [4.78, 5) is 11.2. The number of carbonyl (C=O) groups is 1. The van der Waals surface area contributed by atoms with Gasteiger partial charge in [0.15, 0.2) is 0 Å². The first kappa shape index (κ1) is 12.6. The van der Waals surface area contributed by atoms with Crippen molar-refractivity contribution in [2.45, 2.75) is 54.0 Å². The average molecular weight is 185 g/mol. The Bertz CT molecular complexity index is 189. The van der Waals surface area contributed by atoms with Gasteiger partial charge in [0.05, 0.1) is 6.04 Å². The van der Waals surface area contributed by atoms with E-state index in [1.807, 2.05) is 0 Å². The molecule has 0 rings (SSSR count). The molecular formula is C11H23NO. The van der Waals surface area contributed by atoms with Crippen molar-refractivity contribution < 1.29 is 4.79 Å². The van der Waals surface area contributed by atoms with Crippen molar-refractivity contribution in [3.63, 3.8) is 0 Å². The third kappa shape index (κ3) is 4.41. The van der Waals surface area contributed by atoms with Gasteiger partial charge in [0.2, 0.25) is 0 Å². The van der Waals surface area contributed by atoms with E-state index in [-0.39, 0.29) is 22.7 Å². The zero-order chi connectivity index (χ0) is 10.9. The third-order valence-corrected chi connectivity index (χ3v) is 2.27. The van der Waals surface area contributed by atoms with Gasteiger partial charge in [-0.2, -0.15) is 0 Å². The summed E-state index contributed by atoms with van der Waals surface area (Å²) in [6.07, 6.45) is 0.959. The van der Waals surface area contributed by atoms with Gasteiger partial charge in [-0.05, 0) is 24.2 Å². The lowest BCUT2D eigenvalue weighted by Gasteiger charge is -2.35. The van der Waals surface area contributed by atoms with Gasteiger partial charge in [0, 0.05) is 0 Å². The minimum atomic E-state index is -0.341. The number of nitrogens with two attached hydrogens (primary N) is 1. The molecule has 0 aromatic heterocycles. The number of ketones is 1. The zero-order valence-electron chi connectivity index (χ0n) is 9.77. The molecular weight excluding hydrogens is 162 g/mol. The molecule has 0 radical (unpaired) electrons. The summed E-state index contributed by atoms with van der Waals surface area (Å²) in [6.45, 7) is 12.2. The van der Waals surface area contributed by atoms with Crippen LogP contribution in [0, 0.1) is 10.8 Å². The molecule has 0 bridgehead atoms. The number of carbonyl (C=O) groups excluding carboxylic acids is 1. The van der Waals surface area contributed by atoms with Crippen LogP contribution in [0.2, 0.25) is 0 Å². The SMILES string of the molecule is CC(=O)C(N)C(C)(C)CC(C)(C)C. The Morgan fingerprint density at radius 3 is 1.85 bits per heavy atom. The average Bonchev–Trinajstić information content (AvgIpc) is 1.80. The highest BCUT2D eigenvalue weighted by molar-refractivity contribution is 5.82. The van der Waals surface area contributed by atoms with Crippen molar-refractivity contribution in [2.75, 3.05) is 0 Å². The molecule has 78 valence electrons. The van der Waals surface area contributed by atoms with Crippen molar-refractivity contribution in [2.24, 2.45) is 16.6 Å². The van der Waals surface area contributed by atoms with Gasteiger partial charge < -0.3 is 5.73 Å². The van der Waals surface area contributed by atoms with Crippen molar-refractivity contribution in [3.8, 4) is 0 Å². The summed E-state index contributed by atoms with van der Waals surface area (Å²) in [6, 6.07) is -0.341. The molecule has 13 heavy (non-hydrogen) atoms. The van der Waals surface area contributed by atoms with E-state index in [0.717, 1.165) is 6.42 Å². The summed E-state index contributed by atoms with van der Waals surface area (Å²) in [5, 5.41) is 0. The van der Waals surface area contributed by atoms with Crippen LogP contribution in [0.3, 0.4) is 0 Å². The molecule has 1 atom stereocenters. The van der Waals surface area contributed by atoms with Crippen LogP contribution in [-0.2, 0) is 4.79 Å². The molecule has 2 nitrogen and oxygen atoms in total. The molecule has 0 fully saturated rings. The molecule has 0 aliphatic rings. The standard InChI is InChI=1S/C11H23NO/c1-8(13)9(12)11(5,6)7-10(2,3)4/h9H,7,12H2,1-6H3. The maximum absolute atomic E-state index is 11.2. The van der Waals surface area contributed by atoms with Gasteiger partial charge in [0.1, 0.15) is 5.78 Å². The lowest BCUT2D eigenvalue weighted by molar-refractivity contribution is -0.120. The van der Waals surface area contributed by atoms with Gasteiger partial charge in [0.25, 0.3) is 0 Å². The molecule has 0 saturated carbocycles. The lowest BCUT2D eigenvalue weighted by Crippen LogP contribution is -2.44. The van der Waals surface area contributed by atoms with Gasteiger partial charge in [-0.15, -0.1) is 0 Å². The Morgan fingerprint density at radius 1 is 1.23 bits per heavy atom. The van der Waals surface area contributed by atoms with Gasteiger partial charge in [-0.3, -0.25) is 4.79 Å². The molecule has 2 N–H and O–H groups in total. The van der Waals surface area contributed by atoms with Crippen LogP contribution in [0.25, 0.3) is 0 Å². The van der Waals surface area contributed by atoms with Crippen LogP contribution >= 0.6 is 0 Å². The minimum absolute atomic E-state index is 0.0780. The van der Waals surface area contributed by atoms with E-state index >= 15 is 0 Å². The largest absolute Gasteiger partial charge is 0.321 e. The highest BCUT2D eigenvalue weighted by atomic mass is 16.1. The monoisotopic (exact) mass is 185 g/mol. The highest BCUT2D eigenvalue weighted by Gasteiger charge is 2.33. The summed E-state index contributed by atoms with van der Waals surface area (Å²) >= 11 is 0. The second kappa shape index (κ2) is 3.79. The summed E-state index contributed by atoms with van der Waals surface area (Å²) in [7, 11) is 0. The Balaban J connectivity index is 4.48. The van der Waals surface area contributed by atoms with E-state index in [0.29, 0.717) is 0 Å². The van der Waals surface area contributed by atoms with Crippen LogP contribution in [0.4, 0.5) is 0 Å². The smallest absolute Gasteiger partial charge is 0.147 e. The van der Waals surface area contributed by atoms with Crippen molar-refractivity contribution in [1.82, 2.24) is 0 Å². The van der Waals surface area contributed by atoms with E-state index in [1.165, 1.54) is 0 Å². The Kier molecular flexibility index (Phi) is 3.68. The molecule has 0 aliphatic carbocycles. The molecule has 0 amide bonds. The van der Waals surface area contributed by atoms with Crippen LogP contribution < -0.4 is 5.73 Å². The Hall–Kier alpha value is -0.370. The molecule has 0 spiro atoms. The van der Waals surface area contributed by atoms with Crippen LogP contribution in [0.5, 0.6) is 0 Å². The molecule has 0 aromatic carbocycles. The number of rotatable bonds is 3. The van der Waals surface area contributed by atoms with E-state index in [9.17, 15) is 4.79 Å². The topological polar surface area (TPSA) is 43.1 Å². The van der Waals surface area contributed by atoms with Gasteiger partial charge in [-0.1, -0.05) is 34.6 Å². The fraction of sp³-hybridized carbons (Fsp3) is 0.909. The first-order valence-electron chi connectivity index (χ1n) is 4.82. The van der Waals surface area contributed by atoms with E-state index < -0.39 is 0 Å². The molecule has 0 aliphatic heterocycles. The predicted octanol–water partition coefficient (Wildman–Crippen LogP) is 2.37. The van der Waals surface area contributed by atoms with Crippen LogP contribution in [-0.4, -0.2) is 11.8 Å². The van der Waals surface area contributed by atoms with Gasteiger partial charge >= 0.3 is 0 Å². The molecule has 0 aromatic rings. The van der Waals surface area contributed by atoms with Crippen LogP contribution in [0.1, 0.15) is 48.0 Å². The fourth-order valence-electron chi connectivity index (χ4n) is 2.03. The minimum Gasteiger partial charge on any atom is -0.321 e. The predicted molar refractivity (Wildman–Crippen MR) is 56.5 cm³/mol. The number of hydrogen-bond donors (Lipinski definition) is 1. The normalized spacial score (nSPS) is 15.6. The van der Waals surface area contributed by atoms with Crippen molar-refractivity contribution in [1.29, 1.82) is 0 Å². The number of hydrogen-bond acceptors (Lipinski definition) is 2. The number of Topliss-reactive ketones (excluding diaryl/α,β-unsaturated/α-hetero) is 1. The quantitative estimate of drug-likeness (QED) is 0.733. The molecule has 1 unspecified atom stereocenters. The highest BCUT2D eigenvalue weighted by Crippen LogP contribution is 2.35. The van der Waals surface area contributed by atoms with Crippen LogP contribution in [0.15, 0.2) is 0 Å². The first-order valence-corrected chi connectivity index (χ1v) is 4.82. The van der Waals surface area contributed by atoms with Crippen molar-refractivity contribution in [3.05, 3.63) is 0 Å². The maximum atomic E-state index is 11.2. The second-order valence-electron chi connectivity index (χ2n) is 5.81. The fourth-order valence-corrected chi connectivity index (χ4v) is 2.03. The molecule has 2 heteroatoms. The lowest BCUT2D eigenvalue weighted by atomic mass is 9.71. The van der Waals surface area contributed by atoms with Crippen molar-refractivity contribution >= 4 is 5.78 Å². The first-order chi connectivity index (χ1) is 5.56. The summed E-state index contributed by atoms with van der Waals surface area (Å²) < 4.78 is 0. The summed E-state index contributed by atoms with van der Waals surface area (Å²) in [5.41, 5.74) is 5.96. The second-order valence-corrected chi connectivity index (χ2v) is 5.81.